The molecule has 0 atom stereocenters. The molecule has 2 heterocycles. The van der Waals surface area contributed by atoms with Crippen molar-refractivity contribution < 1.29 is 9.53 Å². The number of anilines is 1. The standard InChI is InChI=1S/C21H26ClN3O3/c1-28-20-14-25(15-21(27)23-17-8-6-7-16(22)11-17)18(12-19(20)26)13-24-9-4-2-3-5-10-24/h6-8,11-12,14H,2-5,9-10,13,15H2,1H3,(H,23,27). The van der Waals surface area contributed by atoms with E-state index < -0.39 is 0 Å². The fourth-order valence-electron chi connectivity index (χ4n) is 3.48. The van der Waals surface area contributed by atoms with Crippen molar-refractivity contribution >= 4 is 23.2 Å². The summed E-state index contributed by atoms with van der Waals surface area (Å²) in [5.74, 6) is 0.0419. The molecule has 1 aromatic heterocycles. The van der Waals surface area contributed by atoms with Crippen LogP contribution in [0, 0.1) is 0 Å². The molecule has 1 saturated heterocycles. The summed E-state index contributed by atoms with van der Waals surface area (Å²) in [4.78, 5) is 27.2. The van der Waals surface area contributed by atoms with Gasteiger partial charge in [-0.2, -0.15) is 0 Å². The lowest BCUT2D eigenvalue weighted by molar-refractivity contribution is -0.116. The van der Waals surface area contributed by atoms with E-state index >= 15 is 0 Å². The van der Waals surface area contributed by atoms with Crippen LogP contribution in [0.25, 0.3) is 0 Å². The predicted molar refractivity (Wildman–Crippen MR) is 111 cm³/mol. The molecule has 1 aromatic carbocycles. The van der Waals surface area contributed by atoms with E-state index in [1.54, 1.807) is 41.1 Å². The third-order valence-electron chi connectivity index (χ3n) is 4.91. The molecule has 1 aliphatic rings. The van der Waals surface area contributed by atoms with Gasteiger partial charge in [-0.15, -0.1) is 0 Å². The Morgan fingerprint density at radius 3 is 2.61 bits per heavy atom. The molecule has 0 spiro atoms. The Kier molecular flexibility index (Phi) is 7.12. The number of benzene rings is 1. The summed E-state index contributed by atoms with van der Waals surface area (Å²) in [6, 6.07) is 8.60. The molecule has 28 heavy (non-hydrogen) atoms. The van der Waals surface area contributed by atoms with Gasteiger partial charge in [0.2, 0.25) is 11.3 Å². The number of halogens is 1. The molecule has 0 aliphatic carbocycles. The van der Waals surface area contributed by atoms with Crippen molar-refractivity contribution in [3.63, 3.8) is 0 Å². The molecule has 2 aromatic rings. The van der Waals surface area contributed by atoms with Gasteiger partial charge in [0.15, 0.2) is 5.75 Å². The van der Waals surface area contributed by atoms with E-state index in [0.29, 0.717) is 17.3 Å². The molecule has 1 aliphatic heterocycles. The Morgan fingerprint density at radius 2 is 1.93 bits per heavy atom. The molecule has 0 radical (unpaired) electrons. The summed E-state index contributed by atoms with van der Waals surface area (Å²) in [6.07, 6.45) is 6.43. The van der Waals surface area contributed by atoms with Gasteiger partial charge in [0, 0.05) is 29.0 Å². The van der Waals surface area contributed by atoms with Gasteiger partial charge in [-0.05, 0) is 44.1 Å². The Morgan fingerprint density at radius 1 is 1.18 bits per heavy atom. The molecule has 150 valence electrons. The maximum Gasteiger partial charge on any atom is 0.244 e. The van der Waals surface area contributed by atoms with Gasteiger partial charge in [-0.3, -0.25) is 14.5 Å². The molecule has 1 fully saturated rings. The van der Waals surface area contributed by atoms with Crippen LogP contribution in [0.2, 0.25) is 5.02 Å². The lowest BCUT2D eigenvalue weighted by atomic mass is 10.2. The molecule has 3 rings (SSSR count). The Balaban J connectivity index is 1.79. The highest BCUT2D eigenvalue weighted by Gasteiger charge is 2.15. The first-order valence-electron chi connectivity index (χ1n) is 9.60. The number of nitrogens with zero attached hydrogens (tertiary/aromatic N) is 2. The monoisotopic (exact) mass is 403 g/mol. The van der Waals surface area contributed by atoms with Crippen LogP contribution in [0.1, 0.15) is 31.4 Å². The second-order valence-corrected chi connectivity index (χ2v) is 7.51. The number of carbonyl (C=O) groups is 1. The first-order valence-corrected chi connectivity index (χ1v) is 9.98. The minimum atomic E-state index is -0.190. The fourth-order valence-corrected chi connectivity index (χ4v) is 3.67. The molecular weight excluding hydrogens is 378 g/mol. The van der Waals surface area contributed by atoms with Crippen LogP contribution in [0.3, 0.4) is 0 Å². The number of rotatable bonds is 6. The molecule has 1 N–H and O–H groups in total. The van der Waals surface area contributed by atoms with Crippen molar-refractivity contribution in [2.75, 3.05) is 25.5 Å². The minimum absolute atomic E-state index is 0.0896. The van der Waals surface area contributed by atoms with E-state index in [1.165, 1.54) is 20.0 Å². The smallest absolute Gasteiger partial charge is 0.244 e. The Bertz CT molecular complexity index is 873. The lowest BCUT2D eigenvalue weighted by Gasteiger charge is -2.23. The zero-order valence-electron chi connectivity index (χ0n) is 16.1. The van der Waals surface area contributed by atoms with Gasteiger partial charge in [-0.1, -0.05) is 30.5 Å². The zero-order chi connectivity index (χ0) is 19.9. The second kappa shape index (κ2) is 9.75. The van der Waals surface area contributed by atoms with Crippen LogP contribution in [0.15, 0.2) is 41.3 Å². The van der Waals surface area contributed by atoms with Crippen LogP contribution < -0.4 is 15.5 Å². The quantitative estimate of drug-likeness (QED) is 0.801. The van der Waals surface area contributed by atoms with Gasteiger partial charge < -0.3 is 14.6 Å². The zero-order valence-corrected chi connectivity index (χ0v) is 16.9. The van der Waals surface area contributed by atoms with Crippen LogP contribution in [-0.4, -0.2) is 35.6 Å². The van der Waals surface area contributed by atoms with Crippen molar-refractivity contribution in [2.45, 2.75) is 38.8 Å². The number of pyridine rings is 1. The predicted octanol–water partition coefficient (Wildman–Crippen LogP) is 3.53. The normalized spacial score (nSPS) is 15.1. The first-order chi connectivity index (χ1) is 13.5. The molecule has 0 saturated carbocycles. The van der Waals surface area contributed by atoms with Crippen molar-refractivity contribution in [3.8, 4) is 5.75 Å². The van der Waals surface area contributed by atoms with Gasteiger partial charge in [0.05, 0.1) is 13.3 Å². The number of nitrogens with one attached hydrogen (secondary N) is 1. The van der Waals surface area contributed by atoms with E-state index in [-0.39, 0.29) is 23.6 Å². The number of methoxy groups -OCH3 is 1. The highest BCUT2D eigenvalue weighted by Crippen LogP contribution is 2.17. The second-order valence-electron chi connectivity index (χ2n) is 7.07. The summed E-state index contributed by atoms with van der Waals surface area (Å²) in [5.41, 5.74) is 1.28. The number of ether oxygens (including phenoxy) is 1. The number of hydrogen-bond acceptors (Lipinski definition) is 4. The Hall–Kier alpha value is -2.31. The highest BCUT2D eigenvalue weighted by atomic mass is 35.5. The van der Waals surface area contributed by atoms with Gasteiger partial charge >= 0.3 is 0 Å². The largest absolute Gasteiger partial charge is 0.491 e. The lowest BCUT2D eigenvalue weighted by Crippen LogP contribution is -2.29. The molecule has 6 nitrogen and oxygen atoms in total. The van der Waals surface area contributed by atoms with E-state index in [9.17, 15) is 9.59 Å². The Labute approximate surface area is 170 Å². The van der Waals surface area contributed by atoms with E-state index in [0.717, 1.165) is 31.6 Å². The summed E-state index contributed by atoms with van der Waals surface area (Å²) in [7, 11) is 1.46. The van der Waals surface area contributed by atoms with Crippen LogP contribution in [0.4, 0.5) is 5.69 Å². The van der Waals surface area contributed by atoms with Gasteiger partial charge in [0.1, 0.15) is 6.54 Å². The summed E-state index contributed by atoms with van der Waals surface area (Å²) < 4.78 is 6.97. The molecule has 0 bridgehead atoms. The molecule has 0 unspecified atom stereocenters. The number of likely N-dealkylation sites (tertiary alicyclic amines) is 1. The van der Waals surface area contributed by atoms with E-state index in [4.69, 9.17) is 16.3 Å². The summed E-state index contributed by atoms with van der Waals surface area (Å²) in [6.45, 7) is 2.75. The molecule has 7 heteroatoms. The van der Waals surface area contributed by atoms with Crippen LogP contribution in [0.5, 0.6) is 5.75 Å². The summed E-state index contributed by atoms with van der Waals surface area (Å²) >= 11 is 5.98. The number of aromatic nitrogens is 1. The molecular formula is C21H26ClN3O3. The highest BCUT2D eigenvalue weighted by molar-refractivity contribution is 6.30. The van der Waals surface area contributed by atoms with E-state index in [1.807, 2.05) is 0 Å². The topological polar surface area (TPSA) is 63.6 Å². The van der Waals surface area contributed by atoms with Crippen LogP contribution in [-0.2, 0) is 17.9 Å². The maximum atomic E-state index is 12.6. The minimum Gasteiger partial charge on any atom is -0.491 e. The first kappa shape index (κ1) is 20.4. The fraction of sp³-hybridized carbons (Fsp3) is 0.429. The maximum absolute atomic E-state index is 12.6. The molecule has 1 amide bonds. The van der Waals surface area contributed by atoms with Crippen molar-refractivity contribution in [3.05, 3.63) is 57.5 Å². The van der Waals surface area contributed by atoms with E-state index in [2.05, 4.69) is 10.2 Å². The van der Waals surface area contributed by atoms with Gasteiger partial charge in [-0.25, -0.2) is 0 Å². The third kappa shape index (κ3) is 5.59. The van der Waals surface area contributed by atoms with Crippen molar-refractivity contribution in [1.82, 2.24) is 9.47 Å². The van der Waals surface area contributed by atoms with Crippen molar-refractivity contribution in [1.29, 1.82) is 0 Å². The average Bonchev–Trinajstić information content (AvgIpc) is 2.92. The number of hydrogen-bond donors (Lipinski definition) is 1. The van der Waals surface area contributed by atoms with Crippen LogP contribution >= 0.6 is 11.6 Å². The average molecular weight is 404 g/mol. The van der Waals surface area contributed by atoms with Crippen molar-refractivity contribution in [2.24, 2.45) is 0 Å². The third-order valence-corrected chi connectivity index (χ3v) is 5.14. The summed E-state index contributed by atoms with van der Waals surface area (Å²) in [5, 5.41) is 3.41. The van der Waals surface area contributed by atoms with Gasteiger partial charge in [0.25, 0.3) is 0 Å². The SMILES string of the molecule is COc1cn(CC(=O)Nc2cccc(Cl)c2)c(CN2CCCCCC2)cc1=O. The number of carbonyl (C=O) groups excluding carboxylic acids is 1. The number of amides is 1.